The molecule has 1 aliphatic rings. The van der Waals surface area contributed by atoms with E-state index in [-0.39, 0.29) is 37.8 Å². The Hall–Kier alpha value is -1.68. The second-order valence-corrected chi connectivity index (χ2v) is 9.76. The van der Waals surface area contributed by atoms with E-state index in [0.29, 0.717) is 10.8 Å². The van der Waals surface area contributed by atoms with Gasteiger partial charge in [-0.2, -0.15) is 4.31 Å². The minimum atomic E-state index is -4.30. The third-order valence-electron chi connectivity index (χ3n) is 4.49. The molecule has 5 nitrogen and oxygen atoms in total. The summed E-state index contributed by atoms with van der Waals surface area (Å²) in [6, 6.07) is 10.3. The van der Waals surface area contributed by atoms with Gasteiger partial charge in [-0.05, 0) is 29.8 Å². The minimum Gasteiger partial charge on any atom is -0.339 e. The van der Waals surface area contributed by atoms with Crippen molar-refractivity contribution in [2.45, 2.75) is 10.6 Å². The van der Waals surface area contributed by atoms with Crippen LogP contribution in [0, 0.1) is 11.6 Å². The van der Waals surface area contributed by atoms with Gasteiger partial charge in [-0.15, -0.1) is 11.8 Å². The summed E-state index contributed by atoms with van der Waals surface area (Å²) in [4.78, 5) is 13.0. The van der Waals surface area contributed by atoms with Crippen LogP contribution in [-0.2, 0) is 20.6 Å². The highest BCUT2D eigenvalue weighted by Crippen LogP contribution is 2.24. The van der Waals surface area contributed by atoms with E-state index < -0.39 is 26.6 Å². The Morgan fingerprint density at radius 2 is 1.66 bits per heavy atom. The fourth-order valence-corrected chi connectivity index (χ4v) is 5.63. The molecule has 0 aliphatic carbocycles. The van der Waals surface area contributed by atoms with Crippen molar-refractivity contribution in [3.05, 3.63) is 64.7 Å². The lowest BCUT2D eigenvalue weighted by Crippen LogP contribution is -2.51. The van der Waals surface area contributed by atoms with Crippen LogP contribution in [0.15, 0.2) is 47.4 Å². The largest absolute Gasteiger partial charge is 0.339 e. The number of hydrogen-bond acceptors (Lipinski definition) is 4. The Labute approximate surface area is 177 Å². The Morgan fingerprint density at radius 1 is 1.03 bits per heavy atom. The number of carbonyl (C=O) groups excluding carboxylic acids is 1. The maximum atomic E-state index is 13.9. The van der Waals surface area contributed by atoms with Gasteiger partial charge in [0.05, 0.1) is 5.75 Å². The Bertz CT molecular complexity index is 976. The van der Waals surface area contributed by atoms with Crippen LogP contribution in [-0.4, -0.2) is 55.5 Å². The number of hydrogen-bond donors (Lipinski definition) is 0. The highest BCUT2D eigenvalue weighted by atomic mass is 35.5. The number of piperazine rings is 1. The van der Waals surface area contributed by atoms with Crippen LogP contribution in [0.4, 0.5) is 8.78 Å². The second kappa shape index (κ2) is 9.42. The van der Waals surface area contributed by atoms with Crippen molar-refractivity contribution >= 4 is 39.3 Å². The summed E-state index contributed by atoms with van der Waals surface area (Å²) in [5.74, 6) is -1.47. The number of thioether (sulfide) groups is 1. The minimum absolute atomic E-state index is 0.0131. The zero-order chi connectivity index (χ0) is 21.0. The molecule has 0 N–H and O–H groups in total. The first-order valence-electron chi connectivity index (χ1n) is 8.83. The molecule has 0 bridgehead atoms. The van der Waals surface area contributed by atoms with Crippen LogP contribution < -0.4 is 0 Å². The molecule has 0 aromatic heterocycles. The van der Waals surface area contributed by atoms with E-state index in [2.05, 4.69) is 0 Å². The van der Waals surface area contributed by atoms with E-state index in [1.807, 2.05) is 18.2 Å². The number of amides is 1. The molecular formula is C19H19ClF2N2O3S2. The van der Waals surface area contributed by atoms with Crippen LogP contribution in [0.3, 0.4) is 0 Å². The summed E-state index contributed by atoms with van der Waals surface area (Å²) in [6.07, 6.45) is 0. The summed E-state index contributed by atoms with van der Waals surface area (Å²) in [5.41, 5.74) is 1.01. The first-order chi connectivity index (χ1) is 13.8. The van der Waals surface area contributed by atoms with Gasteiger partial charge < -0.3 is 4.90 Å². The molecule has 1 amide bonds. The smallest absolute Gasteiger partial charge is 0.249 e. The molecule has 2 aromatic carbocycles. The lowest BCUT2D eigenvalue weighted by atomic mass is 10.2. The Balaban J connectivity index is 1.54. The third-order valence-corrected chi connectivity index (χ3v) is 7.67. The van der Waals surface area contributed by atoms with Crippen LogP contribution >= 0.6 is 23.4 Å². The maximum absolute atomic E-state index is 13.9. The van der Waals surface area contributed by atoms with E-state index in [4.69, 9.17) is 11.6 Å². The lowest BCUT2D eigenvalue weighted by Gasteiger charge is -2.34. The molecule has 0 spiro atoms. The fourth-order valence-electron chi connectivity index (χ4n) is 3.01. The first-order valence-corrected chi connectivity index (χ1v) is 11.8. The van der Waals surface area contributed by atoms with Gasteiger partial charge >= 0.3 is 0 Å². The topological polar surface area (TPSA) is 57.7 Å². The number of rotatable bonds is 6. The van der Waals surface area contributed by atoms with Gasteiger partial charge in [0.1, 0.15) is 11.6 Å². The molecular weight excluding hydrogens is 442 g/mol. The van der Waals surface area contributed by atoms with Crippen LogP contribution in [0.1, 0.15) is 5.56 Å². The third kappa shape index (κ3) is 5.28. The molecule has 1 fully saturated rings. The van der Waals surface area contributed by atoms with Crippen molar-refractivity contribution in [3.63, 3.8) is 0 Å². The van der Waals surface area contributed by atoms with Gasteiger partial charge in [-0.25, -0.2) is 17.2 Å². The van der Waals surface area contributed by atoms with Crippen LogP contribution in [0.5, 0.6) is 0 Å². The molecule has 1 saturated heterocycles. The highest BCUT2D eigenvalue weighted by molar-refractivity contribution is 7.99. The molecule has 0 atom stereocenters. The van der Waals surface area contributed by atoms with Crippen LogP contribution in [0.2, 0.25) is 5.02 Å². The molecule has 1 heterocycles. The fraction of sp³-hybridized carbons (Fsp3) is 0.316. The highest BCUT2D eigenvalue weighted by Gasteiger charge is 2.33. The van der Waals surface area contributed by atoms with E-state index in [0.717, 1.165) is 28.1 Å². The van der Waals surface area contributed by atoms with E-state index in [1.165, 1.54) is 11.8 Å². The summed E-state index contributed by atoms with van der Waals surface area (Å²) < 4.78 is 54.0. The first kappa shape index (κ1) is 22.0. The van der Waals surface area contributed by atoms with Crippen LogP contribution in [0.25, 0.3) is 0 Å². The molecule has 10 heteroatoms. The SMILES string of the molecule is O=C(CSCc1cccc(Cl)c1)N1CCN(S(=O)(=O)c2c(F)cccc2F)CC1. The number of carbonyl (C=O) groups is 1. The molecule has 2 aromatic rings. The number of nitrogens with zero attached hydrogens (tertiary/aromatic N) is 2. The van der Waals surface area contributed by atoms with E-state index >= 15 is 0 Å². The summed E-state index contributed by atoms with van der Waals surface area (Å²) in [5, 5.41) is 0.637. The lowest BCUT2D eigenvalue weighted by molar-refractivity contribution is -0.129. The number of benzene rings is 2. The zero-order valence-corrected chi connectivity index (χ0v) is 17.7. The molecule has 0 unspecified atom stereocenters. The molecule has 3 rings (SSSR count). The maximum Gasteiger partial charge on any atom is 0.249 e. The predicted octanol–water partition coefficient (Wildman–Crippen LogP) is 3.38. The van der Waals surface area contributed by atoms with Gasteiger partial charge in [0.15, 0.2) is 4.90 Å². The monoisotopic (exact) mass is 460 g/mol. The van der Waals surface area contributed by atoms with Gasteiger partial charge in [-0.3, -0.25) is 4.79 Å². The molecule has 0 radical (unpaired) electrons. The van der Waals surface area contributed by atoms with Crippen molar-refractivity contribution in [3.8, 4) is 0 Å². The number of halogens is 3. The predicted molar refractivity (Wildman–Crippen MR) is 109 cm³/mol. The van der Waals surface area contributed by atoms with E-state index in [1.54, 1.807) is 11.0 Å². The van der Waals surface area contributed by atoms with Crippen molar-refractivity contribution < 1.29 is 22.0 Å². The van der Waals surface area contributed by atoms with Gasteiger partial charge in [0.25, 0.3) is 0 Å². The van der Waals surface area contributed by atoms with Gasteiger partial charge in [-0.1, -0.05) is 29.8 Å². The zero-order valence-electron chi connectivity index (χ0n) is 15.4. The summed E-state index contributed by atoms with van der Waals surface area (Å²) in [6.45, 7) is 0.319. The van der Waals surface area contributed by atoms with Crippen molar-refractivity contribution in [2.75, 3.05) is 31.9 Å². The summed E-state index contributed by atoms with van der Waals surface area (Å²) in [7, 11) is -4.30. The van der Waals surface area contributed by atoms with E-state index in [9.17, 15) is 22.0 Å². The average Bonchev–Trinajstić information content (AvgIpc) is 2.68. The standard InChI is InChI=1S/C19H19ClF2N2O3S2/c20-15-4-1-3-14(11-15)12-28-13-18(25)23-7-9-24(10-8-23)29(26,27)19-16(21)5-2-6-17(19)22/h1-6,11H,7-10,12-13H2. The van der Waals surface area contributed by atoms with Gasteiger partial charge in [0.2, 0.25) is 15.9 Å². The molecule has 1 aliphatic heterocycles. The Kier molecular flexibility index (Phi) is 7.15. The average molecular weight is 461 g/mol. The number of sulfonamides is 1. The van der Waals surface area contributed by atoms with Gasteiger partial charge in [0, 0.05) is 37.0 Å². The summed E-state index contributed by atoms with van der Waals surface area (Å²) >= 11 is 7.38. The Morgan fingerprint density at radius 3 is 2.28 bits per heavy atom. The van der Waals surface area contributed by atoms with Crippen molar-refractivity contribution in [1.29, 1.82) is 0 Å². The molecule has 0 saturated carbocycles. The van der Waals surface area contributed by atoms with Crippen molar-refractivity contribution in [2.24, 2.45) is 0 Å². The molecule has 29 heavy (non-hydrogen) atoms. The quantitative estimate of drug-likeness (QED) is 0.663. The van der Waals surface area contributed by atoms with Crippen molar-refractivity contribution in [1.82, 2.24) is 9.21 Å². The second-order valence-electron chi connectivity index (χ2n) is 6.46. The normalized spacial score (nSPS) is 15.5. The molecule has 156 valence electrons.